The molecule has 0 unspecified atom stereocenters. The molecule has 0 aliphatic carbocycles. The van der Waals surface area contributed by atoms with Gasteiger partial charge in [-0.15, -0.1) is 11.3 Å². The van der Waals surface area contributed by atoms with Crippen molar-refractivity contribution < 1.29 is 18.7 Å². The van der Waals surface area contributed by atoms with E-state index in [1.54, 1.807) is 24.3 Å². The van der Waals surface area contributed by atoms with Crippen LogP contribution < -0.4 is 10.4 Å². The number of nitrogens with zero attached hydrogens (tertiary/aromatic N) is 1. The van der Waals surface area contributed by atoms with Crippen molar-refractivity contribution in [3.8, 4) is 27.6 Å². The lowest BCUT2D eigenvalue weighted by Crippen LogP contribution is -2.14. The number of carbonyl (C=O) groups excluding carboxylic acids is 1. The van der Waals surface area contributed by atoms with Gasteiger partial charge in [0.2, 0.25) is 0 Å². The van der Waals surface area contributed by atoms with Crippen LogP contribution in [0.3, 0.4) is 0 Å². The molecule has 0 radical (unpaired) electrons. The molecule has 5 aromatic rings. The Balaban J connectivity index is 1.28. The molecule has 0 N–H and O–H groups in total. The average molecular weight is 470 g/mol. The SMILES string of the molecule is O=C(COc1ccc2cc(-c3nc(-c4ccccc4)cs3)c(=O)oc2c1)OCc1ccccc1. The van der Waals surface area contributed by atoms with Crippen molar-refractivity contribution in [3.05, 3.63) is 106 Å². The lowest BCUT2D eigenvalue weighted by molar-refractivity contribution is -0.147. The van der Waals surface area contributed by atoms with Crippen molar-refractivity contribution in [1.82, 2.24) is 4.98 Å². The molecule has 34 heavy (non-hydrogen) atoms. The molecule has 7 heteroatoms. The first-order valence-corrected chi connectivity index (χ1v) is 11.5. The van der Waals surface area contributed by atoms with E-state index in [9.17, 15) is 9.59 Å². The second-order valence-electron chi connectivity index (χ2n) is 7.49. The molecular weight excluding hydrogens is 450 g/mol. The number of aromatic nitrogens is 1. The van der Waals surface area contributed by atoms with Gasteiger partial charge in [-0.2, -0.15) is 0 Å². The number of fused-ring (bicyclic) bond motifs is 1. The maximum Gasteiger partial charge on any atom is 0.346 e. The summed E-state index contributed by atoms with van der Waals surface area (Å²) in [5.41, 5.74) is 2.97. The van der Waals surface area contributed by atoms with Gasteiger partial charge in [0.05, 0.1) is 11.3 Å². The summed E-state index contributed by atoms with van der Waals surface area (Å²) in [5.74, 6) is -0.0839. The number of rotatable bonds is 7. The number of esters is 1. The normalized spacial score (nSPS) is 10.8. The Morgan fingerprint density at radius 2 is 1.71 bits per heavy atom. The van der Waals surface area contributed by atoms with Crippen molar-refractivity contribution in [2.24, 2.45) is 0 Å². The number of benzene rings is 3. The van der Waals surface area contributed by atoms with Crippen molar-refractivity contribution in [2.75, 3.05) is 6.61 Å². The van der Waals surface area contributed by atoms with Crippen LogP contribution in [-0.4, -0.2) is 17.6 Å². The first kappa shape index (κ1) is 21.6. The van der Waals surface area contributed by atoms with Gasteiger partial charge in [0, 0.05) is 22.4 Å². The number of thiazole rings is 1. The molecule has 5 rings (SSSR count). The largest absolute Gasteiger partial charge is 0.482 e. The molecule has 0 atom stereocenters. The first-order chi connectivity index (χ1) is 16.7. The number of ether oxygens (including phenoxy) is 2. The Labute approximate surface area is 199 Å². The molecule has 168 valence electrons. The Hall–Kier alpha value is -4.23. The predicted molar refractivity (Wildman–Crippen MR) is 131 cm³/mol. The minimum Gasteiger partial charge on any atom is -0.482 e. The van der Waals surface area contributed by atoms with Gasteiger partial charge in [-0.3, -0.25) is 0 Å². The van der Waals surface area contributed by atoms with Gasteiger partial charge in [0.1, 0.15) is 22.9 Å². The molecule has 6 nitrogen and oxygen atoms in total. The van der Waals surface area contributed by atoms with E-state index >= 15 is 0 Å². The Kier molecular flexibility index (Phi) is 6.18. The van der Waals surface area contributed by atoms with Gasteiger partial charge >= 0.3 is 11.6 Å². The van der Waals surface area contributed by atoms with Gasteiger partial charge in [-0.1, -0.05) is 60.7 Å². The summed E-state index contributed by atoms with van der Waals surface area (Å²) >= 11 is 1.39. The fraction of sp³-hybridized carbons (Fsp3) is 0.0741. The van der Waals surface area contributed by atoms with Crippen LogP contribution in [0.15, 0.2) is 99.5 Å². The van der Waals surface area contributed by atoms with Crippen LogP contribution in [-0.2, 0) is 16.1 Å². The lowest BCUT2D eigenvalue weighted by Gasteiger charge is -2.08. The maximum absolute atomic E-state index is 12.7. The van der Waals surface area contributed by atoms with E-state index in [4.69, 9.17) is 13.9 Å². The summed E-state index contributed by atoms with van der Waals surface area (Å²) in [6.45, 7) is -0.0663. The summed E-state index contributed by atoms with van der Waals surface area (Å²) in [7, 11) is 0. The molecule has 2 heterocycles. The van der Waals surface area contributed by atoms with Crippen molar-refractivity contribution in [1.29, 1.82) is 0 Å². The molecule has 0 bridgehead atoms. The summed E-state index contributed by atoms with van der Waals surface area (Å²) in [6, 6.07) is 26.0. The van der Waals surface area contributed by atoms with Crippen molar-refractivity contribution >= 4 is 28.3 Å². The van der Waals surface area contributed by atoms with Gasteiger partial charge in [0.25, 0.3) is 0 Å². The van der Waals surface area contributed by atoms with Crippen LogP contribution in [0.2, 0.25) is 0 Å². The van der Waals surface area contributed by atoms with E-state index in [1.165, 1.54) is 11.3 Å². The third-order valence-electron chi connectivity index (χ3n) is 5.11. The molecule has 0 aliphatic heterocycles. The van der Waals surface area contributed by atoms with E-state index in [1.807, 2.05) is 66.0 Å². The highest BCUT2D eigenvalue weighted by Crippen LogP contribution is 2.29. The maximum atomic E-state index is 12.7. The van der Waals surface area contributed by atoms with E-state index in [0.29, 0.717) is 21.9 Å². The summed E-state index contributed by atoms with van der Waals surface area (Å²) in [4.78, 5) is 29.3. The molecule has 0 spiro atoms. The molecule has 0 fully saturated rings. The number of carbonyl (C=O) groups is 1. The fourth-order valence-corrected chi connectivity index (χ4v) is 4.22. The molecule has 0 saturated heterocycles. The zero-order valence-electron chi connectivity index (χ0n) is 18.0. The lowest BCUT2D eigenvalue weighted by atomic mass is 10.1. The Bertz CT molecular complexity index is 1490. The predicted octanol–water partition coefficient (Wildman–Crippen LogP) is 5.71. The molecule has 0 saturated carbocycles. The van der Waals surface area contributed by atoms with E-state index in [2.05, 4.69) is 4.98 Å². The van der Waals surface area contributed by atoms with Crippen LogP contribution in [0.1, 0.15) is 5.56 Å². The van der Waals surface area contributed by atoms with Crippen molar-refractivity contribution in [2.45, 2.75) is 6.61 Å². The van der Waals surface area contributed by atoms with Crippen LogP contribution in [0.4, 0.5) is 0 Å². The Morgan fingerprint density at radius 3 is 2.50 bits per heavy atom. The number of hydrogen-bond donors (Lipinski definition) is 0. The summed E-state index contributed by atoms with van der Waals surface area (Å²) in [5, 5.41) is 3.24. The smallest absolute Gasteiger partial charge is 0.346 e. The van der Waals surface area contributed by atoms with Gasteiger partial charge < -0.3 is 13.9 Å². The van der Waals surface area contributed by atoms with Crippen LogP contribution in [0.5, 0.6) is 5.75 Å². The average Bonchev–Trinajstić information content (AvgIpc) is 3.37. The minimum atomic E-state index is -0.487. The van der Waals surface area contributed by atoms with E-state index in [0.717, 1.165) is 22.2 Å². The standard InChI is InChI=1S/C27H19NO5S/c29-25(32-15-18-7-3-1-4-8-18)16-31-21-12-11-20-13-22(27(30)33-24(20)14-21)26-28-23(17-34-26)19-9-5-2-6-10-19/h1-14,17H,15-16H2. The van der Waals surface area contributed by atoms with E-state index in [-0.39, 0.29) is 13.2 Å². The highest BCUT2D eigenvalue weighted by atomic mass is 32.1. The quantitative estimate of drug-likeness (QED) is 0.225. The zero-order chi connectivity index (χ0) is 23.3. The third kappa shape index (κ3) is 4.89. The second-order valence-corrected chi connectivity index (χ2v) is 8.34. The topological polar surface area (TPSA) is 78.6 Å². The second kappa shape index (κ2) is 9.72. The number of hydrogen-bond acceptors (Lipinski definition) is 7. The van der Waals surface area contributed by atoms with Crippen molar-refractivity contribution in [3.63, 3.8) is 0 Å². The molecular formula is C27H19NO5S. The molecule has 2 aromatic heterocycles. The highest BCUT2D eigenvalue weighted by molar-refractivity contribution is 7.13. The summed E-state index contributed by atoms with van der Waals surface area (Å²) in [6.07, 6.45) is 0. The zero-order valence-corrected chi connectivity index (χ0v) is 18.8. The molecule has 0 aliphatic rings. The monoisotopic (exact) mass is 469 g/mol. The third-order valence-corrected chi connectivity index (χ3v) is 5.99. The molecule has 0 amide bonds. The minimum absolute atomic E-state index is 0.182. The van der Waals surface area contributed by atoms with Gasteiger partial charge in [-0.05, 0) is 23.8 Å². The highest BCUT2D eigenvalue weighted by Gasteiger charge is 2.14. The summed E-state index contributed by atoms with van der Waals surface area (Å²) < 4.78 is 16.3. The Morgan fingerprint density at radius 1 is 0.941 bits per heavy atom. The fourth-order valence-electron chi connectivity index (χ4n) is 3.39. The van der Waals surface area contributed by atoms with Crippen LogP contribution in [0.25, 0.3) is 32.8 Å². The first-order valence-electron chi connectivity index (χ1n) is 10.6. The van der Waals surface area contributed by atoms with Crippen LogP contribution in [0, 0.1) is 0 Å². The van der Waals surface area contributed by atoms with Crippen LogP contribution >= 0.6 is 11.3 Å². The van der Waals surface area contributed by atoms with Gasteiger partial charge in [-0.25, -0.2) is 14.6 Å². The molecule has 3 aromatic carbocycles. The van der Waals surface area contributed by atoms with E-state index < -0.39 is 11.6 Å². The van der Waals surface area contributed by atoms with Gasteiger partial charge in [0.15, 0.2) is 6.61 Å².